The van der Waals surface area contributed by atoms with Gasteiger partial charge in [0.2, 0.25) is 0 Å². The number of thiophene rings is 1. The summed E-state index contributed by atoms with van der Waals surface area (Å²) >= 11 is 1.37. The van der Waals surface area contributed by atoms with Gasteiger partial charge in [0.15, 0.2) is 12.4 Å². The highest BCUT2D eigenvalue weighted by molar-refractivity contribution is 7.13. The van der Waals surface area contributed by atoms with Crippen LogP contribution in [0.2, 0.25) is 0 Å². The molecule has 0 atom stereocenters. The summed E-state index contributed by atoms with van der Waals surface area (Å²) in [6.07, 6.45) is 3.28. The molecule has 0 spiro atoms. The third kappa shape index (κ3) is 3.05. The fraction of sp³-hybridized carbons (Fsp3) is 0.294. The molecule has 2 aromatic rings. The van der Waals surface area contributed by atoms with Gasteiger partial charge in [-0.1, -0.05) is 12.1 Å². The molecule has 0 fully saturated rings. The number of esters is 1. The monoisotopic (exact) mass is 300 g/mol. The maximum atomic E-state index is 12.1. The van der Waals surface area contributed by atoms with E-state index in [4.69, 9.17) is 4.74 Å². The van der Waals surface area contributed by atoms with E-state index in [-0.39, 0.29) is 12.4 Å². The fourth-order valence-electron chi connectivity index (χ4n) is 2.58. The van der Waals surface area contributed by atoms with Gasteiger partial charge in [0.05, 0.1) is 0 Å². The van der Waals surface area contributed by atoms with Crippen LogP contribution in [0.1, 0.15) is 42.5 Å². The molecule has 21 heavy (non-hydrogen) atoms. The van der Waals surface area contributed by atoms with Crippen LogP contribution < -0.4 is 0 Å². The van der Waals surface area contributed by atoms with E-state index >= 15 is 0 Å². The van der Waals surface area contributed by atoms with Crippen LogP contribution >= 0.6 is 11.3 Å². The molecule has 0 amide bonds. The number of carbonyl (C=O) groups excluding carboxylic acids is 2. The molecule has 3 nitrogen and oxygen atoms in total. The Labute approximate surface area is 127 Å². The van der Waals surface area contributed by atoms with Crippen molar-refractivity contribution in [3.63, 3.8) is 0 Å². The molecule has 0 bridgehead atoms. The summed E-state index contributed by atoms with van der Waals surface area (Å²) in [5.74, 6) is -0.575. The van der Waals surface area contributed by atoms with Gasteiger partial charge in [-0.2, -0.15) is 0 Å². The second kappa shape index (κ2) is 5.82. The van der Waals surface area contributed by atoms with E-state index < -0.39 is 5.97 Å². The Morgan fingerprint density at radius 3 is 2.71 bits per heavy atom. The number of hydrogen-bond donors (Lipinski definition) is 0. The zero-order valence-electron chi connectivity index (χ0n) is 11.8. The molecule has 1 heterocycles. The van der Waals surface area contributed by atoms with Gasteiger partial charge in [-0.05, 0) is 55.5 Å². The van der Waals surface area contributed by atoms with Gasteiger partial charge in [-0.15, -0.1) is 11.3 Å². The summed E-state index contributed by atoms with van der Waals surface area (Å²) in [7, 11) is 0. The minimum absolute atomic E-state index is 0.147. The van der Waals surface area contributed by atoms with Crippen molar-refractivity contribution in [2.75, 3.05) is 6.61 Å². The van der Waals surface area contributed by atoms with Crippen molar-refractivity contribution in [1.82, 2.24) is 0 Å². The maximum absolute atomic E-state index is 12.1. The number of carbonyl (C=O) groups is 2. The smallest absolute Gasteiger partial charge is 0.348 e. The van der Waals surface area contributed by atoms with Gasteiger partial charge in [0.25, 0.3) is 0 Å². The Bertz CT molecular complexity index is 700. The highest BCUT2D eigenvalue weighted by Gasteiger charge is 2.16. The number of Topliss-reactive ketones (excluding diaryl/α,β-unsaturated/α-hetero) is 1. The normalized spacial score (nSPS) is 13.0. The Balaban J connectivity index is 1.63. The highest BCUT2D eigenvalue weighted by atomic mass is 32.1. The average Bonchev–Trinajstić information content (AvgIpc) is 3.12. The van der Waals surface area contributed by atoms with Gasteiger partial charge in [0, 0.05) is 10.4 Å². The summed E-state index contributed by atoms with van der Waals surface area (Å²) in [5.41, 5.74) is 3.21. The molecule has 0 aliphatic heterocycles. The zero-order chi connectivity index (χ0) is 14.8. The molecule has 4 heteroatoms. The number of hydrogen-bond acceptors (Lipinski definition) is 4. The molecule has 0 N–H and O–H groups in total. The van der Waals surface area contributed by atoms with Crippen LogP contribution in [0.4, 0.5) is 0 Å². The minimum Gasteiger partial charge on any atom is -0.453 e. The first-order valence-corrected chi connectivity index (χ1v) is 7.84. The van der Waals surface area contributed by atoms with Crippen LogP contribution in [0.3, 0.4) is 0 Å². The molecule has 0 radical (unpaired) electrons. The third-order valence-electron chi connectivity index (χ3n) is 3.70. The quantitative estimate of drug-likeness (QED) is 0.640. The first-order valence-electron chi connectivity index (χ1n) is 7.02. The largest absolute Gasteiger partial charge is 0.453 e. The van der Waals surface area contributed by atoms with E-state index in [9.17, 15) is 9.59 Å². The molecule has 1 aliphatic rings. The summed E-state index contributed by atoms with van der Waals surface area (Å²) in [6.45, 7) is 1.73. The molecule has 108 valence electrons. The van der Waals surface area contributed by atoms with Crippen LogP contribution in [0, 0.1) is 6.92 Å². The fourth-order valence-corrected chi connectivity index (χ4v) is 3.34. The molecule has 0 saturated carbocycles. The van der Waals surface area contributed by atoms with Crippen molar-refractivity contribution in [2.24, 2.45) is 0 Å². The van der Waals surface area contributed by atoms with Crippen molar-refractivity contribution in [1.29, 1.82) is 0 Å². The van der Waals surface area contributed by atoms with E-state index in [0.717, 1.165) is 24.1 Å². The predicted octanol–water partition coefficient (Wildman–Crippen LogP) is 3.58. The summed E-state index contributed by atoms with van der Waals surface area (Å²) in [4.78, 5) is 25.5. The summed E-state index contributed by atoms with van der Waals surface area (Å²) in [5, 5.41) is 0. The Hall–Kier alpha value is -1.94. The van der Waals surface area contributed by atoms with E-state index in [1.165, 1.54) is 22.5 Å². The van der Waals surface area contributed by atoms with Gasteiger partial charge < -0.3 is 4.74 Å². The topological polar surface area (TPSA) is 43.4 Å². The van der Waals surface area contributed by atoms with Crippen LogP contribution in [0.15, 0.2) is 30.3 Å². The van der Waals surface area contributed by atoms with Crippen LogP contribution in [-0.2, 0) is 17.6 Å². The van der Waals surface area contributed by atoms with Gasteiger partial charge in [-0.25, -0.2) is 4.79 Å². The second-order valence-electron chi connectivity index (χ2n) is 5.25. The molecule has 0 unspecified atom stereocenters. The number of ether oxygens (including phenoxy) is 1. The predicted molar refractivity (Wildman–Crippen MR) is 82.1 cm³/mol. The number of benzene rings is 1. The molecule has 1 aliphatic carbocycles. The summed E-state index contributed by atoms with van der Waals surface area (Å²) < 4.78 is 5.10. The van der Waals surface area contributed by atoms with Gasteiger partial charge >= 0.3 is 5.97 Å². The average molecular weight is 300 g/mol. The van der Waals surface area contributed by atoms with E-state index in [1.54, 1.807) is 6.07 Å². The molecular weight excluding hydrogens is 284 g/mol. The minimum atomic E-state index is -0.428. The van der Waals surface area contributed by atoms with Gasteiger partial charge in [0.1, 0.15) is 4.88 Å². The lowest BCUT2D eigenvalue weighted by molar-refractivity contribution is 0.0479. The third-order valence-corrected chi connectivity index (χ3v) is 4.68. The van der Waals surface area contributed by atoms with Crippen LogP contribution in [0.25, 0.3) is 0 Å². The Morgan fingerprint density at radius 2 is 1.95 bits per heavy atom. The second-order valence-corrected chi connectivity index (χ2v) is 6.53. The van der Waals surface area contributed by atoms with Crippen molar-refractivity contribution < 1.29 is 14.3 Å². The van der Waals surface area contributed by atoms with Crippen molar-refractivity contribution in [3.8, 4) is 0 Å². The Kier molecular flexibility index (Phi) is 3.88. The first-order chi connectivity index (χ1) is 10.1. The van der Waals surface area contributed by atoms with Gasteiger partial charge in [-0.3, -0.25) is 4.79 Å². The Morgan fingerprint density at radius 1 is 1.14 bits per heavy atom. The van der Waals surface area contributed by atoms with E-state index in [2.05, 4.69) is 0 Å². The number of aryl methyl sites for hydroxylation is 3. The lowest BCUT2D eigenvalue weighted by atomic mass is 10.0. The van der Waals surface area contributed by atoms with Crippen LogP contribution in [-0.4, -0.2) is 18.4 Å². The van der Waals surface area contributed by atoms with E-state index in [1.807, 2.05) is 31.2 Å². The van der Waals surface area contributed by atoms with Crippen LogP contribution in [0.5, 0.6) is 0 Å². The van der Waals surface area contributed by atoms with Crippen molar-refractivity contribution >= 4 is 23.1 Å². The number of ketones is 1. The SMILES string of the molecule is Cc1ccc(C(=O)OCC(=O)c2ccc3c(c2)CCC3)s1. The number of rotatable bonds is 4. The molecule has 1 aromatic heterocycles. The maximum Gasteiger partial charge on any atom is 0.348 e. The highest BCUT2D eigenvalue weighted by Crippen LogP contribution is 2.23. The molecule has 3 rings (SSSR count). The lowest BCUT2D eigenvalue weighted by Crippen LogP contribution is -2.13. The van der Waals surface area contributed by atoms with E-state index in [0.29, 0.717) is 10.4 Å². The zero-order valence-corrected chi connectivity index (χ0v) is 12.7. The molecule has 1 aromatic carbocycles. The first kappa shape index (κ1) is 14.0. The molecule has 0 saturated heterocycles. The van der Waals surface area contributed by atoms with Crippen molar-refractivity contribution in [3.05, 3.63) is 56.8 Å². The molecular formula is C17H16O3S. The summed E-state index contributed by atoms with van der Waals surface area (Å²) in [6, 6.07) is 9.37. The van der Waals surface area contributed by atoms with Crippen molar-refractivity contribution in [2.45, 2.75) is 26.2 Å². The standard InChI is InChI=1S/C17H16O3S/c1-11-5-8-16(21-11)17(19)20-10-15(18)14-7-6-12-3-2-4-13(12)9-14/h5-9H,2-4,10H2,1H3. The number of fused-ring (bicyclic) bond motifs is 1. The lowest BCUT2D eigenvalue weighted by Gasteiger charge is -2.05.